The third kappa shape index (κ3) is 3.78. The standard InChI is InChI=1S/C21H21N5O2/c1-13-3-11-18(12-4-13)26-14(2)19(24-25-26)21(28)23-16-7-5-15(6-8-16)20(27)22-17-9-10-17/h3-8,11-12,17H,9-10H2,1-2H3,(H,22,27)(H,23,28). The van der Waals surface area contributed by atoms with E-state index < -0.39 is 0 Å². The third-order valence-corrected chi connectivity index (χ3v) is 4.71. The van der Waals surface area contributed by atoms with Crippen LogP contribution < -0.4 is 10.6 Å². The Labute approximate surface area is 162 Å². The van der Waals surface area contributed by atoms with Crippen LogP contribution in [0.25, 0.3) is 5.69 Å². The molecule has 3 aromatic rings. The first-order valence-corrected chi connectivity index (χ1v) is 9.23. The first kappa shape index (κ1) is 17.9. The molecule has 0 atom stereocenters. The van der Waals surface area contributed by atoms with Gasteiger partial charge in [0.1, 0.15) is 0 Å². The van der Waals surface area contributed by atoms with Gasteiger partial charge < -0.3 is 10.6 Å². The van der Waals surface area contributed by atoms with Crippen molar-refractivity contribution in [2.24, 2.45) is 0 Å². The zero-order valence-electron chi connectivity index (χ0n) is 15.8. The van der Waals surface area contributed by atoms with E-state index in [4.69, 9.17) is 0 Å². The van der Waals surface area contributed by atoms with Crippen LogP contribution in [-0.2, 0) is 0 Å². The van der Waals surface area contributed by atoms with E-state index in [1.165, 1.54) is 0 Å². The fraction of sp³-hybridized carbons (Fsp3) is 0.238. The molecular formula is C21H21N5O2. The van der Waals surface area contributed by atoms with E-state index in [1.807, 2.05) is 31.2 Å². The number of aromatic nitrogens is 3. The van der Waals surface area contributed by atoms with E-state index >= 15 is 0 Å². The van der Waals surface area contributed by atoms with Gasteiger partial charge in [-0.2, -0.15) is 0 Å². The maximum Gasteiger partial charge on any atom is 0.278 e. The van der Waals surface area contributed by atoms with Crippen molar-refractivity contribution < 1.29 is 9.59 Å². The summed E-state index contributed by atoms with van der Waals surface area (Å²) in [6.45, 7) is 3.82. The van der Waals surface area contributed by atoms with Crippen molar-refractivity contribution in [1.82, 2.24) is 20.3 Å². The number of carbonyl (C=O) groups is 2. The molecule has 1 aliphatic rings. The zero-order valence-corrected chi connectivity index (χ0v) is 15.8. The minimum atomic E-state index is -0.342. The third-order valence-electron chi connectivity index (χ3n) is 4.71. The fourth-order valence-electron chi connectivity index (χ4n) is 2.86. The maximum atomic E-state index is 12.6. The van der Waals surface area contributed by atoms with Crippen LogP contribution in [0.2, 0.25) is 0 Å². The Balaban J connectivity index is 1.46. The van der Waals surface area contributed by atoms with Crippen LogP contribution >= 0.6 is 0 Å². The molecule has 0 radical (unpaired) electrons. The van der Waals surface area contributed by atoms with Gasteiger partial charge in [-0.05, 0) is 63.1 Å². The molecular weight excluding hydrogens is 354 g/mol. The first-order chi connectivity index (χ1) is 13.5. The Morgan fingerprint density at radius 2 is 1.64 bits per heavy atom. The van der Waals surface area contributed by atoms with Gasteiger partial charge in [-0.15, -0.1) is 5.10 Å². The SMILES string of the molecule is Cc1ccc(-n2nnc(C(=O)Nc3ccc(C(=O)NC4CC4)cc3)c2C)cc1. The van der Waals surface area contributed by atoms with Gasteiger partial charge in [-0.3, -0.25) is 9.59 Å². The highest BCUT2D eigenvalue weighted by Crippen LogP contribution is 2.20. The normalized spacial score (nSPS) is 13.2. The quantitative estimate of drug-likeness (QED) is 0.717. The van der Waals surface area contributed by atoms with E-state index in [1.54, 1.807) is 35.9 Å². The average Bonchev–Trinajstić information content (AvgIpc) is 3.42. The van der Waals surface area contributed by atoms with Crippen molar-refractivity contribution in [3.8, 4) is 5.69 Å². The predicted octanol–water partition coefficient (Wildman–Crippen LogP) is 3.03. The van der Waals surface area contributed by atoms with E-state index in [0.717, 1.165) is 24.1 Å². The Morgan fingerprint density at radius 3 is 2.29 bits per heavy atom. The number of rotatable bonds is 5. The molecule has 0 unspecified atom stereocenters. The summed E-state index contributed by atoms with van der Waals surface area (Å²) in [6, 6.07) is 15.0. The number of amides is 2. The second kappa shape index (κ2) is 7.26. The molecule has 2 aromatic carbocycles. The summed E-state index contributed by atoms with van der Waals surface area (Å²) in [6.07, 6.45) is 2.09. The molecule has 1 fully saturated rings. The summed E-state index contributed by atoms with van der Waals surface area (Å²) in [5, 5.41) is 13.9. The summed E-state index contributed by atoms with van der Waals surface area (Å²) in [4.78, 5) is 24.6. The average molecular weight is 375 g/mol. The molecule has 0 aliphatic heterocycles. The second-order valence-corrected chi connectivity index (χ2v) is 7.05. The van der Waals surface area contributed by atoms with E-state index in [-0.39, 0.29) is 17.5 Å². The summed E-state index contributed by atoms with van der Waals surface area (Å²) >= 11 is 0. The van der Waals surface area contributed by atoms with Gasteiger partial charge in [-0.25, -0.2) is 4.68 Å². The van der Waals surface area contributed by atoms with Gasteiger partial charge in [0.2, 0.25) is 0 Å². The minimum absolute atomic E-state index is 0.0859. The van der Waals surface area contributed by atoms with Gasteiger partial charge in [-0.1, -0.05) is 22.9 Å². The molecule has 1 aromatic heterocycles. The molecule has 1 saturated carbocycles. The van der Waals surface area contributed by atoms with Gasteiger partial charge in [0.05, 0.1) is 11.4 Å². The van der Waals surface area contributed by atoms with Crippen LogP contribution in [-0.4, -0.2) is 32.9 Å². The molecule has 0 bridgehead atoms. The molecule has 2 N–H and O–H groups in total. The van der Waals surface area contributed by atoms with Gasteiger partial charge >= 0.3 is 0 Å². The number of hydrogen-bond donors (Lipinski definition) is 2. The number of hydrogen-bond acceptors (Lipinski definition) is 4. The lowest BCUT2D eigenvalue weighted by Crippen LogP contribution is -2.25. The lowest BCUT2D eigenvalue weighted by Gasteiger charge is -2.07. The predicted molar refractivity (Wildman–Crippen MR) is 106 cm³/mol. The smallest absolute Gasteiger partial charge is 0.278 e. The Bertz CT molecular complexity index is 1020. The summed E-state index contributed by atoms with van der Waals surface area (Å²) < 4.78 is 1.64. The van der Waals surface area contributed by atoms with Crippen molar-refractivity contribution in [2.75, 3.05) is 5.32 Å². The van der Waals surface area contributed by atoms with Crippen LogP contribution in [0.1, 0.15) is 44.9 Å². The van der Waals surface area contributed by atoms with Crippen LogP contribution in [0.3, 0.4) is 0 Å². The summed E-state index contributed by atoms with van der Waals surface area (Å²) in [5.74, 6) is -0.427. The van der Waals surface area contributed by atoms with Crippen LogP contribution in [0, 0.1) is 13.8 Å². The van der Waals surface area contributed by atoms with E-state index in [0.29, 0.717) is 23.0 Å². The number of aryl methyl sites for hydroxylation is 1. The molecule has 1 heterocycles. The number of carbonyl (C=O) groups excluding carboxylic acids is 2. The molecule has 7 nitrogen and oxygen atoms in total. The Morgan fingerprint density at radius 1 is 0.964 bits per heavy atom. The molecule has 142 valence electrons. The number of nitrogens with zero attached hydrogens (tertiary/aromatic N) is 3. The first-order valence-electron chi connectivity index (χ1n) is 9.23. The minimum Gasteiger partial charge on any atom is -0.349 e. The van der Waals surface area contributed by atoms with E-state index in [2.05, 4.69) is 20.9 Å². The highest BCUT2D eigenvalue weighted by atomic mass is 16.2. The van der Waals surface area contributed by atoms with Crippen molar-refractivity contribution >= 4 is 17.5 Å². The van der Waals surface area contributed by atoms with Crippen molar-refractivity contribution in [3.63, 3.8) is 0 Å². The lowest BCUT2D eigenvalue weighted by molar-refractivity contribution is 0.0950. The lowest BCUT2D eigenvalue weighted by atomic mass is 10.2. The molecule has 28 heavy (non-hydrogen) atoms. The highest BCUT2D eigenvalue weighted by molar-refractivity contribution is 6.04. The molecule has 7 heteroatoms. The Hall–Kier alpha value is -3.48. The Kier molecular flexibility index (Phi) is 4.65. The van der Waals surface area contributed by atoms with Gasteiger partial charge in [0.25, 0.3) is 11.8 Å². The number of benzene rings is 2. The summed E-state index contributed by atoms with van der Waals surface area (Å²) in [5.41, 5.74) is 4.08. The maximum absolute atomic E-state index is 12.6. The van der Waals surface area contributed by atoms with Crippen LogP contribution in [0.15, 0.2) is 48.5 Å². The molecule has 1 aliphatic carbocycles. The van der Waals surface area contributed by atoms with Crippen LogP contribution in [0.4, 0.5) is 5.69 Å². The fourth-order valence-corrected chi connectivity index (χ4v) is 2.86. The second-order valence-electron chi connectivity index (χ2n) is 7.05. The monoisotopic (exact) mass is 375 g/mol. The van der Waals surface area contributed by atoms with Gasteiger partial charge in [0.15, 0.2) is 5.69 Å². The molecule has 2 amide bonds. The highest BCUT2D eigenvalue weighted by Gasteiger charge is 2.23. The molecule has 4 rings (SSSR count). The van der Waals surface area contributed by atoms with Crippen molar-refractivity contribution in [3.05, 3.63) is 71.0 Å². The largest absolute Gasteiger partial charge is 0.349 e. The van der Waals surface area contributed by atoms with E-state index in [9.17, 15) is 9.59 Å². The van der Waals surface area contributed by atoms with Crippen molar-refractivity contribution in [1.29, 1.82) is 0 Å². The topological polar surface area (TPSA) is 88.9 Å². The number of nitrogens with one attached hydrogen (secondary N) is 2. The molecule has 0 saturated heterocycles. The number of anilines is 1. The van der Waals surface area contributed by atoms with Gasteiger partial charge in [0, 0.05) is 17.3 Å². The van der Waals surface area contributed by atoms with Crippen LogP contribution in [0.5, 0.6) is 0 Å². The summed E-state index contributed by atoms with van der Waals surface area (Å²) in [7, 11) is 0. The zero-order chi connectivity index (χ0) is 19.7. The van der Waals surface area contributed by atoms with Crippen molar-refractivity contribution in [2.45, 2.75) is 32.7 Å². The molecule has 0 spiro atoms.